The van der Waals surface area contributed by atoms with Crippen LogP contribution in [-0.4, -0.2) is 27.6 Å². The Morgan fingerprint density at radius 2 is 2.35 bits per heavy atom. The summed E-state index contributed by atoms with van der Waals surface area (Å²) in [5.74, 6) is 4.70. The molecule has 1 aromatic carbocycles. The van der Waals surface area contributed by atoms with E-state index < -0.39 is 11.7 Å². The summed E-state index contributed by atoms with van der Waals surface area (Å²) in [5.41, 5.74) is 5.64. The number of benzene rings is 1. The molecule has 0 aliphatic heterocycles. The van der Waals surface area contributed by atoms with Gasteiger partial charge in [-0.15, -0.1) is 0 Å². The van der Waals surface area contributed by atoms with Crippen molar-refractivity contribution in [1.29, 1.82) is 0 Å². The maximum atomic E-state index is 13.7. The van der Waals surface area contributed by atoms with Crippen LogP contribution < -0.4 is 11.1 Å². The number of halogens is 1. The van der Waals surface area contributed by atoms with Crippen LogP contribution in [0.5, 0.6) is 0 Å². The third-order valence-corrected chi connectivity index (χ3v) is 2.44. The van der Waals surface area contributed by atoms with E-state index in [1.54, 1.807) is 0 Å². The number of rotatable bonds is 3. The molecular formula is C13H12FN5O. The molecule has 0 unspecified atom stereocenters. The fourth-order valence-corrected chi connectivity index (χ4v) is 1.49. The molecule has 0 aliphatic carbocycles. The fourth-order valence-electron chi connectivity index (χ4n) is 1.49. The van der Waals surface area contributed by atoms with E-state index in [-0.39, 0.29) is 24.2 Å². The number of nitrogens with two attached hydrogens (primary N) is 1. The van der Waals surface area contributed by atoms with Gasteiger partial charge in [0, 0.05) is 5.56 Å². The largest absolute Gasteiger partial charge is 0.345 e. The van der Waals surface area contributed by atoms with Crippen LogP contribution in [0.25, 0.3) is 0 Å². The van der Waals surface area contributed by atoms with Gasteiger partial charge >= 0.3 is 0 Å². The minimum absolute atomic E-state index is 0.152. The fraction of sp³-hybridized carbons (Fsp3) is 0.154. The molecule has 0 spiro atoms. The molecule has 6 nitrogen and oxygen atoms in total. The van der Waals surface area contributed by atoms with Crippen molar-refractivity contribution in [1.82, 2.24) is 20.5 Å². The Morgan fingerprint density at radius 1 is 1.50 bits per heavy atom. The maximum Gasteiger partial charge on any atom is 0.251 e. The molecule has 1 aromatic heterocycles. The predicted octanol–water partition coefficient (Wildman–Crippen LogP) is 0.184. The number of hydrogen-bond donors (Lipinski definition) is 3. The van der Waals surface area contributed by atoms with Crippen LogP contribution >= 0.6 is 0 Å². The first kappa shape index (κ1) is 13.7. The maximum absolute atomic E-state index is 13.7. The zero-order valence-corrected chi connectivity index (χ0v) is 10.5. The number of carbonyl (C=O) groups is 1. The Bertz CT molecular complexity index is 657. The number of amides is 1. The van der Waals surface area contributed by atoms with Crippen LogP contribution in [0, 0.1) is 17.7 Å². The lowest BCUT2D eigenvalue weighted by Gasteiger charge is -2.04. The molecule has 0 radical (unpaired) electrons. The molecule has 0 saturated heterocycles. The van der Waals surface area contributed by atoms with Crippen LogP contribution in [0.15, 0.2) is 24.5 Å². The molecule has 0 bridgehead atoms. The van der Waals surface area contributed by atoms with Gasteiger partial charge in [0.2, 0.25) is 0 Å². The Balaban J connectivity index is 2.05. The molecule has 0 atom stereocenters. The summed E-state index contributed by atoms with van der Waals surface area (Å²) in [6.45, 7) is 0.341. The number of aromatic amines is 1. The van der Waals surface area contributed by atoms with E-state index in [0.717, 1.165) is 6.07 Å². The number of nitrogens with one attached hydrogen (secondary N) is 2. The van der Waals surface area contributed by atoms with Gasteiger partial charge in [0.1, 0.15) is 18.0 Å². The summed E-state index contributed by atoms with van der Waals surface area (Å²) < 4.78 is 13.7. The first-order chi connectivity index (χ1) is 9.70. The Hall–Kier alpha value is -2.72. The highest BCUT2D eigenvalue weighted by molar-refractivity contribution is 5.94. The standard InChI is InChI=1S/C13H12FN5O/c14-11-6-10(4-3-9(11)2-1-5-15)13(20)16-7-12-17-8-18-19-12/h3-4,6,8H,5,7,15H2,(H,16,20)(H,17,18,19). The zero-order valence-electron chi connectivity index (χ0n) is 10.5. The lowest BCUT2D eigenvalue weighted by Crippen LogP contribution is -2.23. The number of aromatic nitrogens is 3. The quantitative estimate of drug-likeness (QED) is 0.695. The summed E-state index contributed by atoms with van der Waals surface area (Å²) in [6.07, 6.45) is 1.34. The minimum Gasteiger partial charge on any atom is -0.345 e. The van der Waals surface area contributed by atoms with Crippen LogP contribution in [0.1, 0.15) is 21.7 Å². The van der Waals surface area contributed by atoms with Crippen molar-refractivity contribution in [2.45, 2.75) is 6.54 Å². The van der Waals surface area contributed by atoms with Gasteiger partial charge in [-0.05, 0) is 18.2 Å². The van der Waals surface area contributed by atoms with Crippen LogP contribution in [0.2, 0.25) is 0 Å². The molecule has 0 saturated carbocycles. The van der Waals surface area contributed by atoms with Crippen molar-refractivity contribution in [2.24, 2.45) is 5.73 Å². The number of nitrogens with zero attached hydrogens (tertiary/aromatic N) is 2. The van der Waals surface area contributed by atoms with E-state index >= 15 is 0 Å². The molecule has 7 heteroatoms. The van der Waals surface area contributed by atoms with Crippen molar-refractivity contribution in [3.05, 3.63) is 47.3 Å². The zero-order chi connectivity index (χ0) is 14.4. The van der Waals surface area contributed by atoms with Gasteiger partial charge in [0.25, 0.3) is 5.91 Å². The van der Waals surface area contributed by atoms with E-state index in [4.69, 9.17) is 5.73 Å². The van der Waals surface area contributed by atoms with Crippen LogP contribution in [-0.2, 0) is 6.54 Å². The second-order valence-corrected chi connectivity index (χ2v) is 3.82. The molecule has 2 aromatic rings. The van der Waals surface area contributed by atoms with Crippen molar-refractivity contribution in [3.63, 3.8) is 0 Å². The summed E-state index contributed by atoms with van der Waals surface area (Å²) in [7, 11) is 0. The van der Waals surface area contributed by atoms with Crippen molar-refractivity contribution in [3.8, 4) is 11.8 Å². The second-order valence-electron chi connectivity index (χ2n) is 3.82. The Labute approximate surface area is 114 Å². The normalized spacial score (nSPS) is 9.70. The van der Waals surface area contributed by atoms with Gasteiger partial charge in [-0.1, -0.05) is 11.8 Å². The highest BCUT2D eigenvalue weighted by Crippen LogP contribution is 2.09. The molecule has 2 rings (SSSR count). The van der Waals surface area contributed by atoms with Gasteiger partial charge in [0.15, 0.2) is 0 Å². The van der Waals surface area contributed by atoms with E-state index in [2.05, 4.69) is 32.3 Å². The molecule has 1 heterocycles. The van der Waals surface area contributed by atoms with Crippen LogP contribution in [0.4, 0.5) is 4.39 Å². The Morgan fingerprint density at radius 3 is 3.00 bits per heavy atom. The van der Waals surface area contributed by atoms with E-state index in [1.807, 2.05) is 0 Å². The van der Waals surface area contributed by atoms with E-state index in [0.29, 0.717) is 5.82 Å². The molecule has 20 heavy (non-hydrogen) atoms. The average molecular weight is 273 g/mol. The molecule has 4 N–H and O–H groups in total. The van der Waals surface area contributed by atoms with Crippen LogP contribution in [0.3, 0.4) is 0 Å². The highest BCUT2D eigenvalue weighted by Gasteiger charge is 2.09. The van der Waals surface area contributed by atoms with Crippen molar-refractivity contribution >= 4 is 5.91 Å². The van der Waals surface area contributed by atoms with Gasteiger partial charge in [-0.2, -0.15) is 5.10 Å². The van der Waals surface area contributed by atoms with Gasteiger partial charge in [-0.25, -0.2) is 9.37 Å². The minimum atomic E-state index is -0.557. The topological polar surface area (TPSA) is 96.7 Å². The summed E-state index contributed by atoms with van der Waals surface area (Å²) in [5, 5.41) is 8.86. The third-order valence-electron chi connectivity index (χ3n) is 2.44. The van der Waals surface area contributed by atoms with E-state index in [9.17, 15) is 9.18 Å². The summed E-state index contributed by atoms with van der Waals surface area (Å²) >= 11 is 0. The SMILES string of the molecule is NCC#Cc1ccc(C(=O)NCc2ncn[nH]2)cc1F. The lowest BCUT2D eigenvalue weighted by atomic mass is 10.1. The predicted molar refractivity (Wildman–Crippen MR) is 69.9 cm³/mol. The van der Waals surface area contributed by atoms with Gasteiger partial charge < -0.3 is 11.1 Å². The molecule has 102 valence electrons. The van der Waals surface area contributed by atoms with Crippen molar-refractivity contribution < 1.29 is 9.18 Å². The molecular weight excluding hydrogens is 261 g/mol. The third kappa shape index (κ3) is 3.40. The van der Waals surface area contributed by atoms with Crippen molar-refractivity contribution in [2.75, 3.05) is 6.54 Å². The Kier molecular flexibility index (Phi) is 4.42. The van der Waals surface area contributed by atoms with Gasteiger partial charge in [0.05, 0.1) is 18.7 Å². The number of carbonyl (C=O) groups excluding carboxylic acids is 1. The smallest absolute Gasteiger partial charge is 0.251 e. The second kappa shape index (κ2) is 6.45. The van der Waals surface area contributed by atoms with E-state index in [1.165, 1.54) is 18.5 Å². The summed E-state index contributed by atoms with van der Waals surface area (Å²) in [4.78, 5) is 15.7. The first-order valence-electron chi connectivity index (χ1n) is 5.81. The molecule has 0 aliphatic rings. The highest BCUT2D eigenvalue weighted by atomic mass is 19.1. The number of H-pyrrole nitrogens is 1. The lowest BCUT2D eigenvalue weighted by molar-refractivity contribution is 0.0949. The number of hydrogen-bond acceptors (Lipinski definition) is 4. The average Bonchev–Trinajstić information content (AvgIpc) is 2.96. The molecule has 0 fully saturated rings. The van der Waals surface area contributed by atoms with Gasteiger partial charge in [-0.3, -0.25) is 9.89 Å². The molecule has 1 amide bonds. The summed E-state index contributed by atoms with van der Waals surface area (Å²) in [6, 6.07) is 4.08. The monoisotopic (exact) mass is 273 g/mol. The first-order valence-corrected chi connectivity index (χ1v) is 5.81.